The SMILES string of the molecule is COC(=O)C(Oc1ccc2c(c1)CCCC2=O)C1CC1. The van der Waals surface area contributed by atoms with Crippen LogP contribution in [0.3, 0.4) is 0 Å². The molecule has 0 heterocycles. The van der Waals surface area contributed by atoms with Crippen LogP contribution in [0, 0.1) is 5.92 Å². The van der Waals surface area contributed by atoms with E-state index in [2.05, 4.69) is 0 Å². The molecule has 20 heavy (non-hydrogen) atoms. The molecule has 3 rings (SSSR count). The lowest BCUT2D eigenvalue weighted by Gasteiger charge is -2.19. The number of Topliss-reactive ketones (excluding diaryl/α,β-unsaturated/α-hetero) is 1. The van der Waals surface area contributed by atoms with E-state index in [4.69, 9.17) is 9.47 Å². The molecule has 2 aliphatic carbocycles. The Hall–Kier alpha value is -1.84. The molecule has 0 aromatic heterocycles. The summed E-state index contributed by atoms with van der Waals surface area (Å²) in [5.74, 6) is 0.798. The molecule has 4 nitrogen and oxygen atoms in total. The van der Waals surface area contributed by atoms with E-state index in [9.17, 15) is 9.59 Å². The smallest absolute Gasteiger partial charge is 0.347 e. The first-order valence-corrected chi connectivity index (χ1v) is 7.09. The van der Waals surface area contributed by atoms with Crippen molar-refractivity contribution in [1.29, 1.82) is 0 Å². The van der Waals surface area contributed by atoms with Gasteiger partial charge in [-0.15, -0.1) is 0 Å². The molecule has 1 atom stereocenters. The summed E-state index contributed by atoms with van der Waals surface area (Å²) in [4.78, 5) is 23.5. The number of ether oxygens (including phenoxy) is 2. The van der Waals surface area contributed by atoms with Crippen LogP contribution in [0.1, 0.15) is 41.6 Å². The van der Waals surface area contributed by atoms with Gasteiger partial charge in [-0.05, 0) is 49.4 Å². The Kier molecular flexibility index (Phi) is 3.47. The van der Waals surface area contributed by atoms with Crippen molar-refractivity contribution in [2.45, 2.75) is 38.2 Å². The van der Waals surface area contributed by atoms with Crippen LogP contribution < -0.4 is 4.74 Å². The molecule has 0 spiro atoms. The molecule has 0 amide bonds. The average Bonchev–Trinajstić information content (AvgIpc) is 3.28. The molecule has 0 bridgehead atoms. The van der Waals surface area contributed by atoms with Crippen LogP contribution in [0.5, 0.6) is 5.75 Å². The summed E-state index contributed by atoms with van der Waals surface area (Å²) in [7, 11) is 1.38. The van der Waals surface area contributed by atoms with Crippen molar-refractivity contribution in [2.75, 3.05) is 7.11 Å². The summed E-state index contributed by atoms with van der Waals surface area (Å²) in [5, 5.41) is 0. The molecule has 1 aromatic rings. The monoisotopic (exact) mass is 274 g/mol. The minimum absolute atomic E-state index is 0.199. The fraction of sp³-hybridized carbons (Fsp3) is 0.500. The predicted octanol–water partition coefficient (Wildman–Crippen LogP) is 2.54. The summed E-state index contributed by atoms with van der Waals surface area (Å²) < 4.78 is 10.6. The van der Waals surface area contributed by atoms with Crippen molar-refractivity contribution < 1.29 is 19.1 Å². The molecule has 0 saturated heterocycles. The molecule has 1 fully saturated rings. The van der Waals surface area contributed by atoms with Gasteiger partial charge >= 0.3 is 5.97 Å². The third kappa shape index (κ3) is 2.55. The van der Waals surface area contributed by atoms with E-state index in [0.717, 1.165) is 36.8 Å². The maximum atomic E-state index is 11.8. The zero-order valence-corrected chi connectivity index (χ0v) is 11.6. The van der Waals surface area contributed by atoms with Gasteiger partial charge in [-0.3, -0.25) is 4.79 Å². The van der Waals surface area contributed by atoms with Gasteiger partial charge in [0, 0.05) is 17.9 Å². The van der Waals surface area contributed by atoms with E-state index in [1.54, 1.807) is 6.07 Å². The third-order valence-corrected chi connectivity index (χ3v) is 3.97. The number of ketones is 1. The first-order valence-electron chi connectivity index (χ1n) is 7.09. The van der Waals surface area contributed by atoms with Gasteiger partial charge in [-0.25, -0.2) is 4.79 Å². The van der Waals surface area contributed by atoms with E-state index in [1.807, 2.05) is 12.1 Å². The van der Waals surface area contributed by atoms with Crippen LogP contribution in [-0.2, 0) is 16.0 Å². The summed E-state index contributed by atoms with van der Waals surface area (Å²) in [5.41, 5.74) is 1.82. The van der Waals surface area contributed by atoms with Crippen LogP contribution in [0.15, 0.2) is 18.2 Å². The molecule has 2 aliphatic rings. The minimum Gasteiger partial charge on any atom is -0.478 e. The largest absolute Gasteiger partial charge is 0.478 e. The molecule has 4 heteroatoms. The fourth-order valence-electron chi connectivity index (χ4n) is 2.69. The number of carbonyl (C=O) groups is 2. The standard InChI is InChI=1S/C16H18O4/c1-19-16(18)15(10-5-6-10)20-12-7-8-13-11(9-12)3-2-4-14(13)17/h7-10,15H,2-6H2,1H3. The molecular formula is C16H18O4. The van der Waals surface area contributed by atoms with Crippen molar-refractivity contribution >= 4 is 11.8 Å². The molecular weight excluding hydrogens is 256 g/mol. The molecule has 1 unspecified atom stereocenters. The molecule has 106 valence electrons. The zero-order valence-electron chi connectivity index (χ0n) is 11.6. The van der Waals surface area contributed by atoms with E-state index in [1.165, 1.54) is 7.11 Å². The van der Waals surface area contributed by atoms with Gasteiger partial charge in [0.15, 0.2) is 11.9 Å². The number of hydrogen-bond acceptors (Lipinski definition) is 4. The number of benzene rings is 1. The van der Waals surface area contributed by atoms with E-state index in [-0.39, 0.29) is 17.7 Å². The Labute approximate surface area is 118 Å². The predicted molar refractivity (Wildman–Crippen MR) is 72.9 cm³/mol. The maximum absolute atomic E-state index is 11.8. The van der Waals surface area contributed by atoms with Crippen molar-refractivity contribution in [3.05, 3.63) is 29.3 Å². The Morgan fingerprint density at radius 1 is 1.30 bits per heavy atom. The number of hydrogen-bond donors (Lipinski definition) is 0. The first kappa shape index (κ1) is 13.2. The van der Waals surface area contributed by atoms with Crippen molar-refractivity contribution in [2.24, 2.45) is 5.92 Å². The topological polar surface area (TPSA) is 52.6 Å². The van der Waals surface area contributed by atoms with E-state index < -0.39 is 6.10 Å². The number of fused-ring (bicyclic) bond motifs is 1. The summed E-state index contributed by atoms with van der Waals surface area (Å²) in [6, 6.07) is 5.48. The minimum atomic E-state index is -0.516. The van der Waals surface area contributed by atoms with Crippen molar-refractivity contribution in [3.8, 4) is 5.75 Å². The normalized spacial score (nSPS) is 19.1. The highest BCUT2D eigenvalue weighted by molar-refractivity contribution is 5.98. The highest BCUT2D eigenvalue weighted by Crippen LogP contribution is 2.36. The summed E-state index contributed by atoms with van der Waals surface area (Å²) >= 11 is 0. The lowest BCUT2D eigenvalue weighted by Crippen LogP contribution is -2.30. The van der Waals surface area contributed by atoms with Gasteiger partial charge in [0.05, 0.1) is 7.11 Å². The third-order valence-electron chi connectivity index (χ3n) is 3.97. The van der Waals surface area contributed by atoms with Gasteiger partial charge in [0.2, 0.25) is 0 Å². The van der Waals surface area contributed by atoms with E-state index in [0.29, 0.717) is 12.2 Å². The lowest BCUT2D eigenvalue weighted by atomic mass is 9.90. The maximum Gasteiger partial charge on any atom is 0.347 e. The second kappa shape index (κ2) is 5.27. The molecule has 0 radical (unpaired) electrons. The second-order valence-electron chi connectivity index (χ2n) is 5.49. The second-order valence-corrected chi connectivity index (χ2v) is 5.49. The summed E-state index contributed by atoms with van der Waals surface area (Å²) in [6.07, 6.45) is 3.90. The van der Waals surface area contributed by atoms with Gasteiger partial charge < -0.3 is 9.47 Å². The number of carbonyl (C=O) groups excluding carboxylic acids is 2. The lowest BCUT2D eigenvalue weighted by molar-refractivity contribution is -0.149. The van der Waals surface area contributed by atoms with Crippen LogP contribution >= 0.6 is 0 Å². The summed E-state index contributed by atoms with van der Waals surface area (Å²) in [6.45, 7) is 0. The highest BCUT2D eigenvalue weighted by Gasteiger charge is 2.39. The number of esters is 1. The number of aryl methyl sites for hydroxylation is 1. The number of rotatable bonds is 4. The van der Waals surface area contributed by atoms with Gasteiger partial charge in [-0.1, -0.05) is 0 Å². The Balaban J connectivity index is 1.80. The van der Waals surface area contributed by atoms with Crippen LogP contribution in [0.4, 0.5) is 0 Å². The van der Waals surface area contributed by atoms with Gasteiger partial charge in [0.1, 0.15) is 5.75 Å². The number of methoxy groups -OCH3 is 1. The molecule has 0 N–H and O–H groups in total. The van der Waals surface area contributed by atoms with Gasteiger partial charge in [0.25, 0.3) is 0 Å². The van der Waals surface area contributed by atoms with Crippen molar-refractivity contribution in [3.63, 3.8) is 0 Å². The zero-order chi connectivity index (χ0) is 14.1. The van der Waals surface area contributed by atoms with Gasteiger partial charge in [-0.2, -0.15) is 0 Å². The molecule has 1 aromatic carbocycles. The van der Waals surface area contributed by atoms with Crippen LogP contribution in [0.2, 0.25) is 0 Å². The van der Waals surface area contributed by atoms with Crippen molar-refractivity contribution in [1.82, 2.24) is 0 Å². The quantitative estimate of drug-likeness (QED) is 0.792. The Bertz CT molecular complexity index is 545. The van der Waals surface area contributed by atoms with Crippen LogP contribution in [0.25, 0.3) is 0 Å². The van der Waals surface area contributed by atoms with Crippen LogP contribution in [-0.4, -0.2) is 25.0 Å². The molecule has 0 aliphatic heterocycles. The molecule has 1 saturated carbocycles. The Morgan fingerprint density at radius 3 is 2.80 bits per heavy atom. The first-order chi connectivity index (χ1) is 9.69. The highest BCUT2D eigenvalue weighted by atomic mass is 16.6. The average molecular weight is 274 g/mol. The van der Waals surface area contributed by atoms with E-state index >= 15 is 0 Å². The Morgan fingerprint density at radius 2 is 2.10 bits per heavy atom. The fourth-order valence-corrected chi connectivity index (χ4v) is 2.69.